The second-order valence-electron chi connectivity index (χ2n) is 17.3. The highest BCUT2D eigenvalue weighted by Gasteiger charge is 2.24. The van der Waals surface area contributed by atoms with Crippen molar-refractivity contribution < 1.29 is 24.5 Å². The van der Waals surface area contributed by atoms with Crippen LogP contribution >= 0.6 is 0 Å². The molecule has 0 aromatic heterocycles. The van der Waals surface area contributed by atoms with Crippen LogP contribution < -0.4 is 5.32 Å². The predicted molar refractivity (Wildman–Crippen MR) is 255 cm³/mol. The van der Waals surface area contributed by atoms with Crippen molar-refractivity contribution in [1.29, 1.82) is 0 Å². The SMILES string of the molecule is CCCC/C=C\CCCCCC(CC(=O)NC(CO)C(O)CCCCCCCCCCCCCCC)OC(=O)CCCCCCC/C=C/C=C/C=C/CCCCCCC. The molecule has 3 atom stereocenters. The lowest BCUT2D eigenvalue weighted by atomic mass is 10.0. The van der Waals surface area contributed by atoms with Gasteiger partial charge in [0.05, 0.1) is 25.2 Å². The molecule has 3 unspecified atom stereocenters. The van der Waals surface area contributed by atoms with Gasteiger partial charge in [0.25, 0.3) is 0 Å². The van der Waals surface area contributed by atoms with E-state index in [1.807, 2.05) is 0 Å². The van der Waals surface area contributed by atoms with E-state index in [2.05, 4.69) is 74.7 Å². The summed E-state index contributed by atoms with van der Waals surface area (Å²) in [7, 11) is 0. The van der Waals surface area contributed by atoms with Crippen molar-refractivity contribution >= 4 is 11.9 Å². The molecule has 0 aliphatic rings. The zero-order valence-electron chi connectivity index (χ0n) is 39.1. The van der Waals surface area contributed by atoms with Gasteiger partial charge in [0.2, 0.25) is 5.91 Å². The lowest BCUT2D eigenvalue weighted by molar-refractivity contribution is -0.151. The maximum Gasteiger partial charge on any atom is 0.306 e. The fourth-order valence-electron chi connectivity index (χ4n) is 7.53. The molecule has 0 rings (SSSR count). The van der Waals surface area contributed by atoms with Gasteiger partial charge in [0, 0.05) is 6.42 Å². The third kappa shape index (κ3) is 42.3. The molecule has 0 spiro atoms. The van der Waals surface area contributed by atoms with Gasteiger partial charge in [0.1, 0.15) is 6.10 Å². The van der Waals surface area contributed by atoms with Gasteiger partial charge >= 0.3 is 5.97 Å². The van der Waals surface area contributed by atoms with Gasteiger partial charge < -0.3 is 20.3 Å². The quantitative estimate of drug-likeness (QED) is 0.0246. The summed E-state index contributed by atoms with van der Waals surface area (Å²) in [5.41, 5.74) is 0. The number of hydrogen-bond donors (Lipinski definition) is 3. The molecule has 0 aliphatic carbocycles. The van der Waals surface area contributed by atoms with Crippen molar-refractivity contribution in [2.75, 3.05) is 6.61 Å². The normalized spacial score (nSPS) is 13.6. The molecule has 59 heavy (non-hydrogen) atoms. The first-order valence-corrected chi connectivity index (χ1v) is 25.4. The molecule has 0 aromatic rings. The Bertz CT molecular complexity index is 1020. The van der Waals surface area contributed by atoms with Crippen molar-refractivity contribution in [3.63, 3.8) is 0 Å². The lowest BCUT2D eigenvalue weighted by Crippen LogP contribution is -2.46. The smallest absolute Gasteiger partial charge is 0.306 e. The first-order chi connectivity index (χ1) is 29.0. The number of hydrogen-bond acceptors (Lipinski definition) is 5. The molecule has 0 heterocycles. The third-order valence-electron chi connectivity index (χ3n) is 11.4. The van der Waals surface area contributed by atoms with E-state index in [0.29, 0.717) is 19.3 Å². The predicted octanol–water partition coefficient (Wildman–Crippen LogP) is 15.1. The summed E-state index contributed by atoms with van der Waals surface area (Å²) in [5, 5.41) is 23.7. The van der Waals surface area contributed by atoms with Crippen LogP contribution in [0.4, 0.5) is 0 Å². The summed E-state index contributed by atoms with van der Waals surface area (Å²) >= 11 is 0. The van der Waals surface area contributed by atoms with Crippen LogP contribution in [0.3, 0.4) is 0 Å². The Kier molecular flexibility index (Phi) is 45.1. The van der Waals surface area contributed by atoms with E-state index in [9.17, 15) is 19.8 Å². The highest BCUT2D eigenvalue weighted by molar-refractivity contribution is 5.77. The highest BCUT2D eigenvalue weighted by atomic mass is 16.5. The summed E-state index contributed by atoms with van der Waals surface area (Å²) in [6.07, 6.45) is 56.0. The standard InChI is InChI=1S/C53H97NO5/c1-4-7-10-13-16-19-21-23-24-25-26-27-29-31-34-37-40-43-46-53(58)59-49(44-41-38-35-32-18-15-12-9-6-3)47-52(57)54-50(48-55)51(56)45-42-39-36-33-30-28-22-20-17-14-11-8-5-2/h15,18,21,23-27,49-51,55-56H,4-14,16-17,19-20,22,28-48H2,1-3H3,(H,54,57)/b18-15-,23-21+,25-24+,27-26+. The number of carbonyl (C=O) groups is 2. The second-order valence-corrected chi connectivity index (χ2v) is 17.3. The average molecular weight is 828 g/mol. The summed E-state index contributed by atoms with van der Waals surface area (Å²) < 4.78 is 5.90. The third-order valence-corrected chi connectivity index (χ3v) is 11.4. The van der Waals surface area contributed by atoms with E-state index in [4.69, 9.17) is 4.74 Å². The Morgan fingerprint density at radius 1 is 0.492 bits per heavy atom. The van der Waals surface area contributed by atoms with Gasteiger partial charge in [-0.3, -0.25) is 9.59 Å². The van der Waals surface area contributed by atoms with Crippen LogP contribution in [-0.4, -0.2) is 46.9 Å². The molecule has 3 N–H and O–H groups in total. The maximum atomic E-state index is 13.1. The molecule has 1 amide bonds. The summed E-state index contributed by atoms with van der Waals surface area (Å²) in [4.78, 5) is 26.0. The van der Waals surface area contributed by atoms with Crippen LogP contribution in [0, 0.1) is 0 Å². The number of ether oxygens (including phenoxy) is 1. The van der Waals surface area contributed by atoms with Crippen LogP contribution in [0.2, 0.25) is 0 Å². The van der Waals surface area contributed by atoms with Gasteiger partial charge in [-0.05, 0) is 70.6 Å². The van der Waals surface area contributed by atoms with Gasteiger partial charge in [-0.1, -0.05) is 217 Å². The summed E-state index contributed by atoms with van der Waals surface area (Å²) in [6, 6.07) is -0.709. The van der Waals surface area contributed by atoms with Crippen LogP contribution in [0.15, 0.2) is 48.6 Å². The highest BCUT2D eigenvalue weighted by Crippen LogP contribution is 2.17. The van der Waals surface area contributed by atoms with Gasteiger partial charge in [0.15, 0.2) is 0 Å². The fourth-order valence-corrected chi connectivity index (χ4v) is 7.53. The van der Waals surface area contributed by atoms with E-state index < -0.39 is 18.2 Å². The minimum atomic E-state index is -0.794. The summed E-state index contributed by atoms with van der Waals surface area (Å²) in [6.45, 7) is 6.41. The minimum absolute atomic E-state index is 0.0583. The lowest BCUT2D eigenvalue weighted by Gasteiger charge is -2.24. The van der Waals surface area contributed by atoms with E-state index in [-0.39, 0.29) is 24.9 Å². The zero-order valence-corrected chi connectivity index (χ0v) is 39.1. The monoisotopic (exact) mass is 828 g/mol. The number of amides is 1. The Morgan fingerprint density at radius 3 is 1.41 bits per heavy atom. The van der Waals surface area contributed by atoms with Crippen LogP contribution in [0.1, 0.15) is 252 Å². The molecule has 0 saturated heterocycles. The molecule has 0 bridgehead atoms. The van der Waals surface area contributed by atoms with E-state index >= 15 is 0 Å². The van der Waals surface area contributed by atoms with Crippen LogP contribution in [-0.2, 0) is 14.3 Å². The van der Waals surface area contributed by atoms with E-state index in [1.165, 1.54) is 116 Å². The number of unbranched alkanes of at least 4 members (excludes halogenated alkanes) is 27. The number of nitrogens with one attached hydrogen (secondary N) is 1. The molecule has 344 valence electrons. The molecule has 0 radical (unpaired) electrons. The van der Waals surface area contributed by atoms with E-state index in [1.54, 1.807) is 0 Å². The molecule has 0 fully saturated rings. The first kappa shape index (κ1) is 56.8. The van der Waals surface area contributed by atoms with Gasteiger partial charge in [-0.25, -0.2) is 0 Å². The first-order valence-electron chi connectivity index (χ1n) is 25.4. The number of esters is 1. The number of carbonyl (C=O) groups excluding carboxylic acids is 2. The number of aliphatic hydroxyl groups is 2. The molecule has 6 nitrogen and oxygen atoms in total. The molecule has 6 heteroatoms. The van der Waals surface area contributed by atoms with Crippen LogP contribution in [0.25, 0.3) is 0 Å². The van der Waals surface area contributed by atoms with Crippen molar-refractivity contribution in [2.24, 2.45) is 0 Å². The molecular weight excluding hydrogens is 731 g/mol. The molecule has 0 aromatic carbocycles. The topological polar surface area (TPSA) is 95.9 Å². The maximum absolute atomic E-state index is 13.1. The Hall–Kier alpha value is -2.18. The van der Waals surface area contributed by atoms with Gasteiger partial charge in [-0.2, -0.15) is 0 Å². The second kappa shape index (κ2) is 46.9. The van der Waals surface area contributed by atoms with Crippen molar-refractivity contribution in [2.45, 2.75) is 270 Å². The fraction of sp³-hybridized carbons (Fsp3) is 0.811. The molecular formula is C53H97NO5. The van der Waals surface area contributed by atoms with Crippen molar-refractivity contribution in [3.05, 3.63) is 48.6 Å². The largest absolute Gasteiger partial charge is 0.462 e. The van der Waals surface area contributed by atoms with Crippen LogP contribution in [0.5, 0.6) is 0 Å². The molecule has 0 aliphatic heterocycles. The average Bonchev–Trinajstić information content (AvgIpc) is 3.23. The Labute approximate surface area is 366 Å². The Balaban J connectivity index is 4.51. The number of allylic oxidation sites excluding steroid dienone is 8. The minimum Gasteiger partial charge on any atom is -0.462 e. The zero-order chi connectivity index (χ0) is 43.1. The summed E-state index contributed by atoms with van der Waals surface area (Å²) in [5.74, 6) is -0.512. The van der Waals surface area contributed by atoms with E-state index in [0.717, 1.165) is 89.9 Å². The van der Waals surface area contributed by atoms with Crippen molar-refractivity contribution in [1.82, 2.24) is 5.32 Å². The number of aliphatic hydroxyl groups excluding tert-OH is 2. The van der Waals surface area contributed by atoms with Crippen molar-refractivity contribution in [3.8, 4) is 0 Å². The van der Waals surface area contributed by atoms with Gasteiger partial charge in [-0.15, -0.1) is 0 Å². The molecule has 0 saturated carbocycles. The Morgan fingerprint density at radius 2 is 0.898 bits per heavy atom. The number of rotatable bonds is 45.